The first-order valence-corrected chi connectivity index (χ1v) is 11.0. The van der Waals surface area contributed by atoms with E-state index in [1.165, 1.54) is 11.3 Å². The van der Waals surface area contributed by atoms with Crippen LogP contribution in [0.5, 0.6) is 0 Å². The van der Waals surface area contributed by atoms with Crippen molar-refractivity contribution in [3.8, 4) is 0 Å². The standard InChI is InChI=1S/C22H23N5O2S/c1-14(2)27-20-15(12-24-27)10-16(11-23-20)21(28)26(13-17-6-5-9-29-17)22-25-18-7-3-4-8-19(18)30-22/h3-4,7-8,10-12,14,17H,5-6,9,13H2,1-2H3. The molecular weight excluding hydrogens is 398 g/mol. The number of hydrogen-bond donors (Lipinski definition) is 0. The topological polar surface area (TPSA) is 73.1 Å². The van der Waals surface area contributed by atoms with Gasteiger partial charge in [0, 0.05) is 24.2 Å². The smallest absolute Gasteiger partial charge is 0.261 e. The first-order chi connectivity index (χ1) is 14.6. The number of anilines is 1. The fourth-order valence-corrected chi connectivity index (χ4v) is 4.78. The third-order valence-electron chi connectivity index (χ3n) is 5.34. The molecule has 0 saturated carbocycles. The number of thiazole rings is 1. The van der Waals surface area contributed by atoms with Crippen molar-refractivity contribution >= 4 is 43.6 Å². The quantitative estimate of drug-likeness (QED) is 0.476. The Kier molecular flexibility index (Phi) is 4.96. The van der Waals surface area contributed by atoms with Gasteiger partial charge in [0.15, 0.2) is 10.8 Å². The van der Waals surface area contributed by atoms with Crippen LogP contribution in [0, 0.1) is 0 Å². The fourth-order valence-electron chi connectivity index (χ4n) is 3.81. The second-order valence-electron chi connectivity index (χ2n) is 7.83. The minimum absolute atomic E-state index is 0.0290. The molecular formula is C22H23N5O2S. The van der Waals surface area contributed by atoms with Gasteiger partial charge in [0.05, 0.1) is 34.6 Å². The molecule has 4 aromatic rings. The summed E-state index contributed by atoms with van der Waals surface area (Å²) < 4.78 is 8.74. The van der Waals surface area contributed by atoms with Crippen LogP contribution in [-0.4, -0.2) is 44.9 Å². The van der Waals surface area contributed by atoms with E-state index in [1.807, 2.05) is 35.0 Å². The Morgan fingerprint density at radius 3 is 2.97 bits per heavy atom. The number of aromatic nitrogens is 4. The van der Waals surface area contributed by atoms with Gasteiger partial charge in [-0.1, -0.05) is 23.5 Å². The molecule has 4 heterocycles. The van der Waals surface area contributed by atoms with Gasteiger partial charge in [-0.05, 0) is 44.9 Å². The molecule has 0 N–H and O–H groups in total. The number of para-hydroxylation sites is 1. The van der Waals surface area contributed by atoms with Gasteiger partial charge in [0.2, 0.25) is 0 Å². The number of carbonyl (C=O) groups is 1. The molecule has 3 aromatic heterocycles. The van der Waals surface area contributed by atoms with Gasteiger partial charge in [-0.2, -0.15) is 5.10 Å². The molecule has 1 saturated heterocycles. The molecule has 30 heavy (non-hydrogen) atoms. The second-order valence-corrected chi connectivity index (χ2v) is 8.84. The second kappa shape index (κ2) is 7.77. The lowest BCUT2D eigenvalue weighted by Crippen LogP contribution is -2.37. The zero-order chi connectivity index (χ0) is 20.7. The summed E-state index contributed by atoms with van der Waals surface area (Å²) >= 11 is 1.52. The Bertz CT molecular complexity index is 1180. The predicted octanol–water partition coefficient (Wildman–Crippen LogP) is 4.45. The summed E-state index contributed by atoms with van der Waals surface area (Å²) in [4.78, 5) is 24.6. The van der Waals surface area contributed by atoms with Gasteiger partial charge in [0.1, 0.15) is 0 Å². The Labute approximate surface area is 178 Å². The minimum Gasteiger partial charge on any atom is -0.376 e. The summed E-state index contributed by atoms with van der Waals surface area (Å²) in [7, 11) is 0. The Morgan fingerprint density at radius 1 is 1.33 bits per heavy atom. The molecule has 1 atom stereocenters. The number of hydrogen-bond acceptors (Lipinski definition) is 6. The number of amides is 1. The molecule has 1 aliphatic rings. The molecule has 8 heteroatoms. The van der Waals surface area contributed by atoms with Crippen LogP contribution < -0.4 is 4.90 Å². The van der Waals surface area contributed by atoms with Crippen LogP contribution in [0.4, 0.5) is 5.13 Å². The number of carbonyl (C=O) groups excluding carboxylic acids is 1. The summed E-state index contributed by atoms with van der Waals surface area (Å²) in [5.41, 5.74) is 2.21. The molecule has 0 aliphatic carbocycles. The number of nitrogens with zero attached hydrogens (tertiary/aromatic N) is 5. The largest absolute Gasteiger partial charge is 0.376 e. The van der Waals surface area contributed by atoms with Crippen molar-refractivity contribution in [1.29, 1.82) is 0 Å². The maximum absolute atomic E-state index is 13.6. The van der Waals surface area contributed by atoms with Crippen molar-refractivity contribution < 1.29 is 9.53 Å². The summed E-state index contributed by atoms with van der Waals surface area (Å²) in [5.74, 6) is -0.115. The highest BCUT2D eigenvalue weighted by Crippen LogP contribution is 2.31. The highest BCUT2D eigenvalue weighted by Gasteiger charge is 2.27. The van der Waals surface area contributed by atoms with Crippen LogP contribution in [0.1, 0.15) is 43.1 Å². The molecule has 0 bridgehead atoms. The molecule has 1 aliphatic heterocycles. The Hall–Kier alpha value is -2.84. The number of rotatable bonds is 5. The Morgan fingerprint density at radius 2 is 2.20 bits per heavy atom. The average molecular weight is 422 g/mol. The Balaban J connectivity index is 1.52. The van der Waals surface area contributed by atoms with E-state index < -0.39 is 0 Å². The lowest BCUT2D eigenvalue weighted by molar-refractivity contribution is 0.0917. The molecule has 1 amide bonds. The maximum atomic E-state index is 13.6. The summed E-state index contributed by atoms with van der Waals surface area (Å²) in [6, 6.07) is 10.0. The van der Waals surface area contributed by atoms with E-state index in [4.69, 9.17) is 9.72 Å². The SMILES string of the molecule is CC(C)n1ncc2cc(C(=O)N(CC3CCCO3)c3nc4ccccc4s3)cnc21. The molecule has 0 spiro atoms. The third-order valence-corrected chi connectivity index (χ3v) is 6.40. The minimum atomic E-state index is -0.115. The zero-order valence-electron chi connectivity index (χ0n) is 17.0. The monoisotopic (exact) mass is 421 g/mol. The summed E-state index contributed by atoms with van der Waals surface area (Å²) in [6.07, 6.45) is 5.41. The van der Waals surface area contributed by atoms with Gasteiger partial charge >= 0.3 is 0 Å². The molecule has 0 radical (unpaired) electrons. The van der Waals surface area contributed by atoms with E-state index in [1.54, 1.807) is 17.3 Å². The van der Waals surface area contributed by atoms with Crippen LogP contribution in [0.25, 0.3) is 21.3 Å². The predicted molar refractivity (Wildman–Crippen MR) is 118 cm³/mol. The number of ether oxygens (including phenoxy) is 1. The maximum Gasteiger partial charge on any atom is 0.261 e. The van der Waals surface area contributed by atoms with Gasteiger partial charge in [-0.15, -0.1) is 0 Å². The van der Waals surface area contributed by atoms with Gasteiger partial charge in [-0.3, -0.25) is 9.69 Å². The van der Waals surface area contributed by atoms with Crippen molar-refractivity contribution in [2.75, 3.05) is 18.1 Å². The van der Waals surface area contributed by atoms with Gasteiger partial charge in [0.25, 0.3) is 5.91 Å². The lowest BCUT2D eigenvalue weighted by atomic mass is 10.2. The van der Waals surface area contributed by atoms with Crippen LogP contribution in [0.15, 0.2) is 42.7 Å². The fraction of sp³-hybridized carbons (Fsp3) is 0.364. The van der Waals surface area contributed by atoms with E-state index in [-0.39, 0.29) is 18.1 Å². The molecule has 7 nitrogen and oxygen atoms in total. The first kappa shape index (κ1) is 19.1. The van der Waals surface area contributed by atoms with Crippen LogP contribution in [0.2, 0.25) is 0 Å². The number of pyridine rings is 1. The van der Waals surface area contributed by atoms with Crippen molar-refractivity contribution in [3.05, 3.63) is 48.3 Å². The van der Waals surface area contributed by atoms with Gasteiger partial charge < -0.3 is 4.74 Å². The molecule has 5 rings (SSSR count). The molecule has 1 unspecified atom stereocenters. The third kappa shape index (κ3) is 3.46. The lowest BCUT2D eigenvalue weighted by Gasteiger charge is -2.23. The van der Waals surface area contributed by atoms with Crippen molar-refractivity contribution in [2.45, 2.75) is 38.8 Å². The van der Waals surface area contributed by atoms with Crippen LogP contribution in [0.3, 0.4) is 0 Å². The van der Waals surface area contributed by atoms with E-state index in [0.717, 1.165) is 40.7 Å². The molecule has 154 valence electrons. The van der Waals surface area contributed by atoms with Gasteiger partial charge in [-0.25, -0.2) is 14.6 Å². The first-order valence-electron chi connectivity index (χ1n) is 10.2. The average Bonchev–Trinajstić information content (AvgIpc) is 3.49. The van der Waals surface area contributed by atoms with E-state index >= 15 is 0 Å². The van der Waals surface area contributed by atoms with Crippen LogP contribution in [-0.2, 0) is 4.74 Å². The highest BCUT2D eigenvalue weighted by molar-refractivity contribution is 7.22. The highest BCUT2D eigenvalue weighted by atomic mass is 32.1. The van der Waals surface area contributed by atoms with E-state index in [0.29, 0.717) is 17.2 Å². The molecule has 1 fully saturated rings. The number of benzene rings is 1. The number of fused-ring (bicyclic) bond motifs is 2. The zero-order valence-corrected chi connectivity index (χ0v) is 17.8. The summed E-state index contributed by atoms with van der Waals surface area (Å²) in [6.45, 7) is 5.35. The van der Waals surface area contributed by atoms with Crippen molar-refractivity contribution in [2.24, 2.45) is 0 Å². The van der Waals surface area contributed by atoms with E-state index in [2.05, 4.69) is 23.9 Å². The van der Waals surface area contributed by atoms with Crippen LogP contribution >= 0.6 is 11.3 Å². The van der Waals surface area contributed by atoms with Crippen molar-refractivity contribution in [3.63, 3.8) is 0 Å². The molecule has 1 aromatic carbocycles. The normalized spacial score (nSPS) is 16.7. The van der Waals surface area contributed by atoms with E-state index in [9.17, 15) is 4.79 Å². The summed E-state index contributed by atoms with van der Waals surface area (Å²) in [5, 5.41) is 5.96. The van der Waals surface area contributed by atoms with Crippen molar-refractivity contribution in [1.82, 2.24) is 19.7 Å².